The van der Waals surface area contributed by atoms with Gasteiger partial charge in [0.25, 0.3) is 0 Å². The van der Waals surface area contributed by atoms with Crippen LogP contribution in [0.15, 0.2) is 19.4 Å². The van der Waals surface area contributed by atoms with E-state index in [1.807, 2.05) is 18.3 Å². The highest BCUT2D eigenvalue weighted by molar-refractivity contribution is 5.64. The molecule has 1 aromatic rings. The largest absolute Gasteiger partial charge is 0.361 e. The van der Waals surface area contributed by atoms with E-state index in [2.05, 4.69) is 32.0 Å². The lowest BCUT2D eigenvalue weighted by molar-refractivity contribution is 0.866. The highest BCUT2D eigenvalue weighted by atomic mass is 14.7. The first-order valence-electron chi connectivity index (χ1n) is 4.16. The third kappa shape index (κ3) is 1.35. The fraction of sp³-hybridized carbons (Fsp3) is 0.273. The fourth-order valence-corrected chi connectivity index (χ4v) is 1.34. The van der Waals surface area contributed by atoms with Gasteiger partial charge < -0.3 is 4.98 Å². The first-order valence-corrected chi connectivity index (χ1v) is 4.16. The Morgan fingerprint density at radius 2 is 2.00 bits per heavy atom. The molecule has 1 N–H and O–H groups in total. The van der Waals surface area contributed by atoms with Gasteiger partial charge in [0.15, 0.2) is 0 Å². The van der Waals surface area contributed by atoms with Crippen LogP contribution in [-0.4, -0.2) is 4.98 Å². The van der Waals surface area contributed by atoms with Crippen molar-refractivity contribution in [1.29, 1.82) is 0 Å². The maximum absolute atomic E-state index is 3.79. The first kappa shape index (κ1) is 8.85. The second-order valence-corrected chi connectivity index (χ2v) is 3.13. The molecule has 64 valence electrons. The zero-order chi connectivity index (χ0) is 9.14. The topological polar surface area (TPSA) is 15.8 Å². The van der Waals surface area contributed by atoms with E-state index in [4.69, 9.17) is 0 Å². The minimum Gasteiger partial charge on any atom is -0.361 e. The van der Waals surface area contributed by atoms with Gasteiger partial charge >= 0.3 is 0 Å². The molecule has 0 amide bonds. The zero-order valence-corrected chi connectivity index (χ0v) is 7.72. The summed E-state index contributed by atoms with van der Waals surface area (Å²) in [4.78, 5) is 3.17. The van der Waals surface area contributed by atoms with Crippen molar-refractivity contribution in [2.45, 2.75) is 19.8 Å². The summed E-state index contributed by atoms with van der Waals surface area (Å²) < 4.78 is 0. The van der Waals surface area contributed by atoms with E-state index >= 15 is 0 Å². The van der Waals surface area contributed by atoms with Crippen molar-refractivity contribution in [1.82, 2.24) is 4.98 Å². The van der Waals surface area contributed by atoms with Gasteiger partial charge in [-0.15, -0.1) is 0 Å². The monoisotopic (exact) mass is 161 g/mol. The Labute approximate surface area is 73.8 Å². The molecule has 1 nitrogen and oxygen atoms in total. The van der Waals surface area contributed by atoms with E-state index in [1.165, 1.54) is 11.1 Å². The van der Waals surface area contributed by atoms with Crippen molar-refractivity contribution in [2.75, 3.05) is 0 Å². The van der Waals surface area contributed by atoms with Gasteiger partial charge in [0.2, 0.25) is 0 Å². The Kier molecular flexibility index (Phi) is 2.54. The summed E-state index contributed by atoms with van der Waals surface area (Å²) in [5.74, 6) is 0.531. The van der Waals surface area contributed by atoms with E-state index in [1.54, 1.807) is 0 Å². The van der Waals surface area contributed by atoms with Crippen LogP contribution in [0.1, 0.15) is 36.6 Å². The smallest absolute Gasteiger partial charge is 0.0450 e. The molecule has 0 bridgehead atoms. The third-order valence-corrected chi connectivity index (χ3v) is 2.01. The zero-order valence-electron chi connectivity index (χ0n) is 7.72. The predicted molar refractivity (Wildman–Crippen MR) is 55.1 cm³/mol. The first-order chi connectivity index (χ1) is 5.70. The van der Waals surface area contributed by atoms with Gasteiger partial charge in [-0.1, -0.05) is 33.1 Å². The molecular formula is C11H15N. The van der Waals surface area contributed by atoms with Gasteiger partial charge in [0.1, 0.15) is 0 Å². The lowest BCUT2D eigenvalue weighted by atomic mass is 10.0. The van der Waals surface area contributed by atoms with Crippen molar-refractivity contribution >= 4 is 12.2 Å². The van der Waals surface area contributed by atoms with Gasteiger partial charge in [0, 0.05) is 17.5 Å². The molecule has 0 saturated heterocycles. The van der Waals surface area contributed by atoms with Crippen LogP contribution in [0, 0.1) is 0 Å². The Morgan fingerprint density at radius 3 is 2.42 bits per heavy atom. The quantitative estimate of drug-likeness (QED) is 0.699. The van der Waals surface area contributed by atoms with Crippen LogP contribution < -0.4 is 0 Å². The molecule has 0 atom stereocenters. The Bertz CT molecular complexity index is 292. The number of H-pyrrole nitrogens is 1. The number of hydrogen-bond donors (Lipinski definition) is 1. The molecule has 0 radical (unpaired) electrons. The van der Waals surface area contributed by atoms with Crippen LogP contribution in [0.3, 0.4) is 0 Å². The number of aromatic amines is 1. The molecule has 1 aromatic heterocycles. The molecule has 1 rings (SSSR count). The van der Waals surface area contributed by atoms with Crippen LogP contribution in [0.2, 0.25) is 0 Å². The summed E-state index contributed by atoms with van der Waals surface area (Å²) in [7, 11) is 0. The highest BCUT2D eigenvalue weighted by Crippen LogP contribution is 2.23. The second kappa shape index (κ2) is 3.44. The van der Waals surface area contributed by atoms with Crippen molar-refractivity contribution in [3.63, 3.8) is 0 Å². The molecule has 0 saturated carbocycles. The van der Waals surface area contributed by atoms with Crippen molar-refractivity contribution in [3.05, 3.63) is 36.2 Å². The Morgan fingerprint density at radius 1 is 1.33 bits per heavy atom. The lowest BCUT2D eigenvalue weighted by Crippen LogP contribution is -1.86. The van der Waals surface area contributed by atoms with Crippen LogP contribution in [0.25, 0.3) is 12.2 Å². The molecule has 12 heavy (non-hydrogen) atoms. The average Bonchev–Trinajstić information content (AvgIpc) is 2.46. The van der Waals surface area contributed by atoms with E-state index in [9.17, 15) is 0 Å². The molecule has 0 aliphatic carbocycles. The van der Waals surface area contributed by atoms with Gasteiger partial charge in [-0.25, -0.2) is 0 Å². The van der Waals surface area contributed by atoms with E-state index in [0.29, 0.717) is 5.92 Å². The maximum Gasteiger partial charge on any atom is 0.0450 e. The number of rotatable bonds is 3. The number of aromatic nitrogens is 1. The van der Waals surface area contributed by atoms with Crippen molar-refractivity contribution < 1.29 is 0 Å². The molecule has 0 aliphatic heterocycles. The summed E-state index contributed by atoms with van der Waals surface area (Å²) >= 11 is 0. The van der Waals surface area contributed by atoms with Gasteiger partial charge in [-0.3, -0.25) is 0 Å². The average molecular weight is 161 g/mol. The standard InChI is InChI=1S/C11H15N/c1-5-9-10(8(3)4)7-12-11(9)6-2/h5-8,12H,1-2H2,3-4H3. The number of hydrogen-bond acceptors (Lipinski definition) is 0. The van der Waals surface area contributed by atoms with Crippen LogP contribution >= 0.6 is 0 Å². The van der Waals surface area contributed by atoms with Gasteiger partial charge in [-0.05, 0) is 17.6 Å². The lowest BCUT2D eigenvalue weighted by Gasteiger charge is -2.03. The van der Waals surface area contributed by atoms with E-state index in [-0.39, 0.29) is 0 Å². The third-order valence-electron chi connectivity index (χ3n) is 2.01. The van der Waals surface area contributed by atoms with Crippen LogP contribution in [-0.2, 0) is 0 Å². The molecule has 0 spiro atoms. The summed E-state index contributed by atoms with van der Waals surface area (Å²) in [5.41, 5.74) is 3.55. The molecule has 0 unspecified atom stereocenters. The Balaban J connectivity index is 3.22. The molecule has 1 heterocycles. The SMILES string of the molecule is C=Cc1[nH]cc(C(C)C)c1C=C. The summed E-state index contributed by atoms with van der Waals surface area (Å²) in [5, 5.41) is 0. The van der Waals surface area contributed by atoms with Crippen LogP contribution in [0.4, 0.5) is 0 Å². The molecule has 0 fully saturated rings. The van der Waals surface area contributed by atoms with Crippen molar-refractivity contribution in [3.8, 4) is 0 Å². The number of nitrogens with one attached hydrogen (secondary N) is 1. The Hall–Kier alpha value is -1.24. The fourth-order valence-electron chi connectivity index (χ4n) is 1.34. The van der Waals surface area contributed by atoms with E-state index < -0.39 is 0 Å². The van der Waals surface area contributed by atoms with Gasteiger partial charge in [-0.2, -0.15) is 0 Å². The normalized spacial score (nSPS) is 10.2. The summed E-state index contributed by atoms with van der Waals surface area (Å²) in [6.07, 6.45) is 5.73. The molecule has 0 aliphatic rings. The predicted octanol–water partition coefficient (Wildman–Crippen LogP) is 3.42. The highest BCUT2D eigenvalue weighted by Gasteiger charge is 2.08. The van der Waals surface area contributed by atoms with Crippen molar-refractivity contribution in [2.24, 2.45) is 0 Å². The van der Waals surface area contributed by atoms with Gasteiger partial charge in [0.05, 0.1) is 0 Å². The molecule has 1 heteroatoms. The minimum atomic E-state index is 0.531. The second-order valence-electron chi connectivity index (χ2n) is 3.13. The maximum atomic E-state index is 3.79. The summed E-state index contributed by atoms with van der Waals surface area (Å²) in [6, 6.07) is 0. The minimum absolute atomic E-state index is 0.531. The molecule has 0 aromatic carbocycles. The van der Waals surface area contributed by atoms with E-state index in [0.717, 1.165) is 5.69 Å². The summed E-state index contributed by atoms with van der Waals surface area (Å²) in [6.45, 7) is 11.9. The molecular weight excluding hydrogens is 146 g/mol. The van der Waals surface area contributed by atoms with Crippen LogP contribution in [0.5, 0.6) is 0 Å².